The van der Waals surface area contributed by atoms with Crippen LogP contribution in [0.25, 0.3) is 0 Å². The first-order chi connectivity index (χ1) is 9.12. The van der Waals surface area contributed by atoms with E-state index in [1.807, 2.05) is 0 Å². The van der Waals surface area contributed by atoms with Crippen molar-refractivity contribution in [2.45, 2.75) is 26.1 Å². The van der Waals surface area contributed by atoms with Crippen molar-refractivity contribution in [1.82, 2.24) is 0 Å². The minimum absolute atomic E-state index is 0.108. The summed E-state index contributed by atoms with van der Waals surface area (Å²) < 4.78 is 42.0. The molecule has 110 valence electrons. The molecule has 0 heterocycles. The summed E-state index contributed by atoms with van der Waals surface area (Å²) in [5.74, 6) is 0. The predicted molar refractivity (Wildman–Crippen MR) is 66.8 cm³/mol. The fraction of sp³-hybridized carbons (Fsp3) is 0.333. The molecule has 0 N–H and O–H groups in total. The fourth-order valence-electron chi connectivity index (χ4n) is 1.33. The number of halogens is 4. The molecule has 0 aromatic heterocycles. The first kappa shape index (κ1) is 16.3. The van der Waals surface area contributed by atoms with Gasteiger partial charge in [0.1, 0.15) is 0 Å². The Morgan fingerprint density at radius 3 is 2.05 bits per heavy atom. The monoisotopic (exact) mass is 309 g/mol. The van der Waals surface area contributed by atoms with Crippen LogP contribution in [0, 0.1) is 0 Å². The van der Waals surface area contributed by atoms with Gasteiger partial charge < -0.3 is 4.74 Å². The molecule has 2 amide bonds. The summed E-state index contributed by atoms with van der Waals surface area (Å²) in [6.45, 7) is 3.11. The van der Waals surface area contributed by atoms with E-state index in [4.69, 9.17) is 16.3 Å². The maximum Gasteiger partial charge on any atom is 0.422 e. The molecule has 0 fully saturated rings. The number of hydrogen-bond acceptors (Lipinski definition) is 3. The standard InChI is InChI=1S/C12H11ClF3NO3/c1-7(2)20-11(19)17(10(13)18)9-5-3-8(4-6-9)12(14,15)16/h3-7H,1-2H3. The molecule has 0 saturated heterocycles. The second-order valence-corrected chi connectivity index (χ2v) is 4.39. The number of benzene rings is 1. The Hall–Kier alpha value is -1.76. The summed E-state index contributed by atoms with van der Waals surface area (Å²) >= 11 is 5.25. The van der Waals surface area contributed by atoms with Crippen molar-refractivity contribution in [3.05, 3.63) is 29.8 Å². The molecule has 0 radical (unpaired) electrons. The molecule has 1 rings (SSSR count). The second-order valence-electron chi connectivity index (χ2n) is 4.07. The van der Waals surface area contributed by atoms with Crippen LogP contribution in [0.15, 0.2) is 24.3 Å². The highest BCUT2D eigenvalue weighted by Gasteiger charge is 2.31. The Balaban J connectivity index is 3.05. The van der Waals surface area contributed by atoms with Crippen LogP contribution in [0.1, 0.15) is 19.4 Å². The molecule has 0 spiro atoms. The molecule has 0 saturated carbocycles. The Morgan fingerprint density at radius 2 is 1.70 bits per heavy atom. The van der Waals surface area contributed by atoms with Crippen molar-refractivity contribution < 1.29 is 27.5 Å². The van der Waals surface area contributed by atoms with Crippen LogP contribution in [0.5, 0.6) is 0 Å². The summed E-state index contributed by atoms with van der Waals surface area (Å²) in [4.78, 5) is 23.3. The number of alkyl halides is 3. The third-order valence-electron chi connectivity index (χ3n) is 2.15. The highest BCUT2D eigenvalue weighted by atomic mass is 35.5. The van der Waals surface area contributed by atoms with E-state index in [1.54, 1.807) is 13.8 Å². The highest BCUT2D eigenvalue weighted by Crippen LogP contribution is 2.30. The lowest BCUT2D eigenvalue weighted by atomic mass is 10.2. The van der Waals surface area contributed by atoms with Gasteiger partial charge in [0.05, 0.1) is 17.4 Å². The first-order valence-corrected chi connectivity index (χ1v) is 5.88. The van der Waals surface area contributed by atoms with Crippen molar-refractivity contribution in [3.63, 3.8) is 0 Å². The minimum Gasteiger partial charge on any atom is -0.446 e. The zero-order chi connectivity index (χ0) is 15.5. The average Bonchev–Trinajstić information content (AvgIpc) is 2.26. The van der Waals surface area contributed by atoms with Gasteiger partial charge in [0.2, 0.25) is 0 Å². The molecule has 0 unspecified atom stereocenters. The Bertz CT molecular complexity index is 500. The summed E-state index contributed by atoms with van der Waals surface area (Å²) in [6.07, 6.45) is -6.07. The quantitative estimate of drug-likeness (QED) is 0.600. The molecule has 4 nitrogen and oxygen atoms in total. The van der Waals surface area contributed by atoms with Gasteiger partial charge in [0.25, 0.3) is 0 Å². The number of hydrogen-bond donors (Lipinski definition) is 0. The van der Waals surface area contributed by atoms with Gasteiger partial charge in [0.15, 0.2) is 0 Å². The van der Waals surface area contributed by atoms with E-state index in [0.29, 0.717) is 4.90 Å². The SMILES string of the molecule is CC(C)OC(=O)N(C(=O)Cl)c1ccc(C(F)(F)F)cc1. The van der Waals surface area contributed by atoms with Gasteiger partial charge in [-0.1, -0.05) is 0 Å². The normalized spacial score (nSPS) is 11.3. The smallest absolute Gasteiger partial charge is 0.422 e. The van der Waals surface area contributed by atoms with Crippen LogP contribution >= 0.6 is 11.6 Å². The zero-order valence-electron chi connectivity index (χ0n) is 10.6. The van der Waals surface area contributed by atoms with E-state index in [0.717, 1.165) is 24.3 Å². The van der Waals surface area contributed by atoms with E-state index in [2.05, 4.69) is 0 Å². The molecule has 0 atom stereocenters. The van der Waals surface area contributed by atoms with Crippen LogP contribution in [0.4, 0.5) is 28.4 Å². The van der Waals surface area contributed by atoms with Crippen LogP contribution in [0.3, 0.4) is 0 Å². The lowest BCUT2D eigenvalue weighted by molar-refractivity contribution is -0.137. The number of nitrogens with zero attached hydrogens (tertiary/aromatic N) is 1. The molecule has 0 aliphatic heterocycles. The number of ether oxygens (including phenoxy) is 1. The zero-order valence-corrected chi connectivity index (χ0v) is 11.3. The molecule has 0 aliphatic rings. The van der Waals surface area contributed by atoms with E-state index >= 15 is 0 Å². The first-order valence-electron chi connectivity index (χ1n) is 5.50. The summed E-state index contributed by atoms with van der Waals surface area (Å²) in [7, 11) is 0. The maximum atomic E-state index is 12.4. The number of rotatable bonds is 2. The summed E-state index contributed by atoms with van der Waals surface area (Å²) in [5.41, 5.74) is -1.01. The summed E-state index contributed by atoms with van der Waals surface area (Å²) in [5, 5.41) is -1.17. The van der Waals surface area contributed by atoms with Gasteiger partial charge in [-0.05, 0) is 49.7 Å². The average molecular weight is 310 g/mol. The van der Waals surface area contributed by atoms with Crippen molar-refractivity contribution in [2.75, 3.05) is 4.90 Å². The third-order valence-corrected chi connectivity index (χ3v) is 2.32. The van der Waals surface area contributed by atoms with E-state index < -0.39 is 29.3 Å². The van der Waals surface area contributed by atoms with Crippen LogP contribution in [0.2, 0.25) is 0 Å². The van der Waals surface area contributed by atoms with Gasteiger partial charge in [0, 0.05) is 0 Å². The van der Waals surface area contributed by atoms with Crippen LogP contribution < -0.4 is 4.90 Å². The number of amides is 2. The lowest BCUT2D eigenvalue weighted by Gasteiger charge is -2.19. The highest BCUT2D eigenvalue weighted by molar-refractivity contribution is 6.68. The van der Waals surface area contributed by atoms with Crippen LogP contribution in [-0.2, 0) is 10.9 Å². The topological polar surface area (TPSA) is 46.6 Å². The molecular weight excluding hydrogens is 299 g/mol. The van der Waals surface area contributed by atoms with E-state index in [1.165, 1.54) is 0 Å². The minimum atomic E-state index is -4.51. The Kier molecular flexibility index (Phi) is 4.99. The lowest BCUT2D eigenvalue weighted by Crippen LogP contribution is -2.35. The van der Waals surface area contributed by atoms with Crippen LogP contribution in [-0.4, -0.2) is 17.6 Å². The van der Waals surface area contributed by atoms with Gasteiger partial charge in [-0.2, -0.15) is 13.2 Å². The van der Waals surface area contributed by atoms with E-state index in [-0.39, 0.29) is 5.69 Å². The van der Waals surface area contributed by atoms with Crippen molar-refractivity contribution in [1.29, 1.82) is 0 Å². The van der Waals surface area contributed by atoms with E-state index in [9.17, 15) is 22.8 Å². The summed E-state index contributed by atoms with van der Waals surface area (Å²) in [6, 6.07) is 3.41. The Labute approximate surface area is 118 Å². The van der Waals surface area contributed by atoms with Crippen molar-refractivity contribution in [3.8, 4) is 0 Å². The van der Waals surface area contributed by atoms with Crippen molar-refractivity contribution >= 4 is 28.7 Å². The molecule has 20 heavy (non-hydrogen) atoms. The Morgan fingerprint density at radius 1 is 1.20 bits per heavy atom. The number of imide groups is 1. The predicted octanol–water partition coefficient (Wildman–Crippen LogP) is 4.42. The molecule has 0 bridgehead atoms. The molecule has 0 aliphatic carbocycles. The largest absolute Gasteiger partial charge is 0.446 e. The van der Waals surface area contributed by atoms with Gasteiger partial charge in [-0.15, -0.1) is 0 Å². The number of anilines is 1. The molecule has 1 aromatic carbocycles. The fourth-order valence-corrected chi connectivity index (χ4v) is 1.50. The maximum absolute atomic E-state index is 12.4. The molecular formula is C12H11ClF3NO3. The van der Waals surface area contributed by atoms with Gasteiger partial charge >= 0.3 is 17.6 Å². The molecule has 1 aromatic rings. The van der Waals surface area contributed by atoms with Gasteiger partial charge in [-0.3, -0.25) is 4.79 Å². The number of carbonyl (C=O) groups is 2. The third kappa shape index (κ3) is 4.12. The second kappa shape index (κ2) is 6.13. The number of carbonyl (C=O) groups excluding carboxylic acids is 2. The molecule has 8 heteroatoms. The van der Waals surface area contributed by atoms with Crippen molar-refractivity contribution in [2.24, 2.45) is 0 Å². The van der Waals surface area contributed by atoms with Gasteiger partial charge in [-0.25, -0.2) is 9.69 Å².